The molecule has 0 spiro atoms. The van der Waals surface area contributed by atoms with Gasteiger partial charge in [-0.05, 0) is 33.6 Å². The van der Waals surface area contributed by atoms with Crippen LogP contribution in [0.4, 0.5) is 0 Å². The third-order valence-electron chi connectivity index (χ3n) is 5.02. The molecule has 0 bridgehead atoms. The van der Waals surface area contributed by atoms with Gasteiger partial charge in [0.25, 0.3) is 0 Å². The molecular formula is C17H29N3O2. The van der Waals surface area contributed by atoms with Crippen molar-refractivity contribution >= 4 is 0 Å². The maximum atomic E-state index is 10.2. The Kier molecular flexibility index (Phi) is 4.57. The zero-order valence-corrected chi connectivity index (χ0v) is 14.0. The summed E-state index contributed by atoms with van der Waals surface area (Å²) in [7, 11) is 0. The monoisotopic (exact) mass is 307 g/mol. The van der Waals surface area contributed by atoms with Gasteiger partial charge in [-0.2, -0.15) is 5.10 Å². The average molecular weight is 307 g/mol. The average Bonchev–Trinajstić information content (AvgIpc) is 3.08. The molecule has 0 aromatic carbocycles. The van der Waals surface area contributed by atoms with Crippen molar-refractivity contribution in [2.24, 2.45) is 5.92 Å². The first-order valence-corrected chi connectivity index (χ1v) is 8.49. The Hall–Kier alpha value is -0.910. The van der Waals surface area contributed by atoms with Gasteiger partial charge >= 0.3 is 0 Å². The topological polar surface area (TPSA) is 50.5 Å². The highest BCUT2D eigenvalue weighted by Gasteiger charge is 2.37. The summed E-state index contributed by atoms with van der Waals surface area (Å²) in [5.74, 6) is 0.359. The van der Waals surface area contributed by atoms with E-state index in [0.29, 0.717) is 12.0 Å². The van der Waals surface area contributed by atoms with Crippen LogP contribution in [0.3, 0.4) is 0 Å². The summed E-state index contributed by atoms with van der Waals surface area (Å²) in [5, 5.41) is 14.7. The summed E-state index contributed by atoms with van der Waals surface area (Å²) < 4.78 is 7.73. The smallest absolute Gasteiger partial charge is 0.0626 e. The second-order valence-corrected chi connectivity index (χ2v) is 7.74. The largest absolute Gasteiger partial charge is 0.393 e. The summed E-state index contributed by atoms with van der Waals surface area (Å²) in [6.45, 7) is 9.85. The molecule has 0 amide bonds. The Morgan fingerprint density at radius 3 is 2.82 bits per heavy atom. The van der Waals surface area contributed by atoms with E-state index >= 15 is 0 Å². The Bertz CT molecular complexity index is 494. The number of ether oxygens (including phenoxy) is 1. The fourth-order valence-corrected chi connectivity index (χ4v) is 3.71. The van der Waals surface area contributed by atoms with Crippen LogP contribution in [-0.4, -0.2) is 51.7 Å². The standard InChI is InChI=1S/C17H29N3O2/c1-17(2,3)20-11-13(9-18-20)10-19-7-8-22-12-15(19)14-5-4-6-16(14)21/h9,11,14-16,21H,4-8,10,12H2,1-3H3. The van der Waals surface area contributed by atoms with Crippen LogP contribution in [0.2, 0.25) is 0 Å². The van der Waals surface area contributed by atoms with Crippen molar-refractivity contribution in [1.82, 2.24) is 14.7 Å². The zero-order valence-electron chi connectivity index (χ0n) is 14.0. The molecule has 3 atom stereocenters. The minimum Gasteiger partial charge on any atom is -0.393 e. The zero-order chi connectivity index (χ0) is 15.7. The number of hydrogen-bond donors (Lipinski definition) is 1. The van der Waals surface area contributed by atoms with Gasteiger partial charge in [0.05, 0.1) is 31.1 Å². The summed E-state index contributed by atoms with van der Waals surface area (Å²) >= 11 is 0. The van der Waals surface area contributed by atoms with E-state index in [2.05, 4.69) is 37.0 Å². The molecule has 1 saturated heterocycles. The lowest BCUT2D eigenvalue weighted by atomic mass is 9.94. The minimum atomic E-state index is -0.161. The van der Waals surface area contributed by atoms with E-state index in [9.17, 15) is 5.11 Å². The van der Waals surface area contributed by atoms with Crippen LogP contribution in [0.1, 0.15) is 45.6 Å². The number of aromatic nitrogens is 2. The molecular weight excluding hydrogens is 278 g/mol. The Balaban J connectivity index is 1.70. The number of aliphatic hydroxyl groups excluding tert-OH is 1. The minimum absolute atomic E-state index is 0.0182. The van der Waals surface area contributed by atoms with Gasteiger partial charge < -0.3 is 9.84 Å². The number of rotatable bonds is 3. The van der Waals surface area contributed by atoms with Crippen LogP contribution in [0.5, 0.6) is 0 Å². The molecule has 22 heavy (non-hydrogen) atoms. The lowest BCUT2D eigenvalue weighted by Crippen LogP contribution is -2.50. The van der Waals surface area contributed by atoms with E-state index in [1.807, 2.05) is 10.9 Å². The molecule has 2 heterocycles. The SMILES string of the molecule is CC(C)(C)n1cc(CN2CCOCC2C2CCCC2O)cn1. The Morgan fingerprint density at radius 2 is 2.18 bits per heavy atom. The second kappa shape index (κ2) is 6.30. The van der Waals surface area contributed by atoms with Crippen LogP contribution >= 0.6 is 0 Å². The first-order valence-electron chi connectivity index (χ1n) is 8.49. The van der Waals surface area contributed by atoms with E-state index in [0.717, 1.165) is 45.6 Å². The van der Waals surface area contributed by atoms with Crippen molar-refractivity contribution in [3.63, 3.8) is 0 Å². The third kappa shape index (κ3) is 3.36. The van der Waals surface area contributed by atoms with Gasteiger partial charge in [-0.25, -0.2) is 0 Å². The lowest BCUT2D eigenvalue weighted by molar-refractivity contribution is -0.0536. The highest BCUT2D eigenvalue weighted by Crippen LogP contribution is 2.32. The molecule has 2 aliphatic rings. The fourth-order valence-electron chi connectivity index (χ4n) is 3.71. The maximum Gasteiger partial charge on any atom is 0.0626 e. The van der Waals surface area contributed by atoms with E-state index in [1.165, 1.54) is 5.56 Å². The summed E-state index contributed by atoms with van der Waals surface area (Å²) in [6, 6.07) is 0.337. The van der Waals surface area contributed by atoms with Crippen molar-refractivity contribution in [3.8, 4) is 0 Å². The molecule has 5 nitrogen and oxygen atoms in total. The molecule has 124 valence electrons. The van der Waals surface area contributed by atoms with Gasteiger partial charge in [-0.1, -0.05) is 6.42 Å². The van der Waals surface area contributed by atoms with Crippen LogP contribution in [0, 0.1) is 5.92 Å². The summed E-state index contributed by atoms with van der Waals surface area (Å²) in [4.78, 5) is 2.48. The summed E-state index contributed by atoms with van der Waals surface area (Å²) in [6.07, 6.45) is 7.16. The predicted molar refractivity (Wildman–Crippen MR) is 85.6 cm³/mol. The number of morpholine rings is 1. The van der Waals surface area contributed by atoms with E-state index in [4.69, 9.17) is 4.74 Å². The molecule has 1 aromatic heterocycles. The molecule has 1 saturated carbocycles. The van der Waals surface area contributed by atoms with E-state index in [-0.39, 0.29) is 11.6 Å². The highest BCUT2D eigenvalue weighted by atomic mass is 16.5. The number of hydrogen-bond acceptors (Lipinski definition) is 4. The lowest BCUT2D eigenvalue weighted by Gasteiger charge is -2.39. The van der Waals surface area contributed by atoms with Crippen molar-refractivity contribution in [1.29, 1.82) is 0 Å². The van der Waals surface area contributed by atoms with Gasteiger partial charge in [-0.15, -0.1) is 0 Å². The van der Waals surface area contributed by atoms with Crippen molar-refractivity contribution in [2.45, 2.75) is 64.3 Å². The van der Waals surface area contributed by atoms with Crippen molar-refractivity contribution in [2.75, 3.05) is 19.8 Å². The van der Waals surface area contributed by atoms with Gasteiger partial charge in [-0.3, -0.25) is 9.58 Å². The van der Waals surface area contributed by atoms with Gasteiger partial charge in [0, 0.05) is 36.8 Å². The van der Waals surface area contributed by atoms with E-state index in [1.54, 1.807) is 0 Å². The van der Waals surface area contributed by atoms with Crippen LogP contribution < -0.4 is 0 Å². The molecule has 2 fully saturated rings. The Morgan fingerprint density at radius 1 is 1.36 bits per heavy atom. The predicted octanol–water partition coefficient (Wildman–Crippen LogP) is 2.00. The first-order chi connectivity index (χ1) is 10.4. The molecule has 1 aliphatic heterocycles. The highest BCUT2D eigenvalue weighted by molar-refractivity contribution is 5.06. The third-order valence-corrected chi connectivity index (χ3v) is 5.02. The quantitative estimate of drug-likeness (QED) is 0.928. The number of nitrogens with zero attached hydrogens (tertiary/aromatic N) is 3. The van der Waals surface area contributed by atoms with Crippen LogP contribution in [0.25, 0.3) is 0 Å². The van der Waals surface area contributed by atoms with Gasteiger partial charge in [0.2, 0.25) is 0 Å². The summed E-state index contributed by atoms with van der Waals surface area (Å²) in [5.41, 5.74) is 1.26. The normalized spacial score (nSPS) is 30.8. The number of aliphatic hydroxyl groups is 1. The van der Waals surface area contributed by atoms with Gasteiger partial charge in [0.1, 0.15) is 0 Å². The second-order valence-electron chi connectivity index (χ2n) is 7.74. The van der Waals surface area contributed by atoms with Gasteiger partial charge in [0.15, 0.2) is 0 Å². The fraction of sp³-hybridized carbons (Fsp3) is 0.824. The van der Waals surface area contributed by atoms with Crippen molar-refractivity contribution in [3.05, 3.63) is 18.0 Å². The first kappa shape index (κ1) is 16.0. The van der Waals surface area contributed by atoms with E-state index < -0.39 is 0 Å². The molecule has 3 rings (SSSR count). The molecule has 1 aromatic rings. The Labute approximate surface area is 133 Å². The molecule has 5 heteroatoms. The van der Waals surface area contributed by atoms with Crippen LogP contribution in [0.15, 0.2) is 12.4 Å². The molecule has 0 radical (unpaired) electrons. The molecule has 3 unspecified atom stereocenters. The molecule has 1 N–H and O–H groups in total. The maximum absolute atomic E-state index is 10.2. The van der Waals surface area contributed by atoms with Crippen LogP contribution in [-0.2, 0) is 16.8 Å². The molecule has 1 aliphatic carbocycles. The van der Waals surface area contributed by atoms with Crippen molar-refractivity contribution < 1.29 is 9.84 Å².